The van der Waals surface area contributed by atoms with Gasteiger partial charge in [0, 0.05) is 24.8 Å². The van der Waals surface area contributed by atoms with Crippen molar-refractivity contribution in [2.24, 2.45) is 0 Å². The fraction of sp³-hybridized carbons (Fsp3) is 0.471. The van der Waals surface area contributed by atoms with E-state index < -0.39 is 11.8 Å². The van der Waals surface area contributed by atoms with Crippen molar-refractivity contribution in [1.82, 2.24) is 10.2 Å². The molecule has 0 aromatic heterocycles. The molecule has 1 aromatic rings. The number of carbonyl (C=O) groups excluding carboxylic acids is 3. The standard InChI is InChI=1S/C17H23N3O4/c1-3-24-17(23)20-9-7-13(8-10-20)18-15(21)16(22)19-14-6-4-5-12(2)11-14/h4-6,11,13H,3,7-10H2,1-2H3,(H,18,21)(H,19,22). The van der Waals surface area contributed by atoms with E-state index in [0.717, 1.165) is 5.56 Å². The van der Waals surface area contributed by atoms with Crippen LogP contribution in [0.15, 0.2) is 24.3 Å². The topological polar surface area (TPSA) is 87.7 Å². The van der Waals surface area contributed by atoms with Crippen molar-refractivity contribution < 1.29 is 19.1 Å². The Labute approximate surface area is 141 Å². The van der Waals surface area contributed by atoms with E-state index in [1.54, 1.807) is 24.0 Å². The molecule has 1 aliphatic rings. The van der Waals surface area contributed by atoms with Crippen LogP contribution in [0.25, 0.3) is 0 Å². The Bertz CT molecular complexity index is 610. The highest BCUT2D eigenvalue weighted by Crippen LogP contribution is 2.12. The molecular formula is C17H23N3O4. The monoisotopic (exact) mass is 333 g/mol. The van der Waals surface area contributed by atoms with E-state index in [4.69, 9.17) is 4.74 Å². The van der Waals surface area contributed by atoms with Crippen LogP contribution in [0.1, 0.15) is 25.3 Å². The summed E-state index contributed by atoms with van der Waals surface area (Å²) >= 11 is 0. The summed E-state index contributed by atoms with van der Waals surface area (Å²) in [4.78, 5) is 37.2. The fourth-order valence-corrected chi connectivity index (χ4v) is 2.58. The third kappa shape index (κ3) is 4.97. The number of aryl methyl sites for hydroxylation is 1. The van der Waals surface area contributed by atoms with E-state index in [1.165, 1.54) is 0 Å². The summed E-state index contributed by atoms with van der Waals surface area (Å²) in [5.74, 6) is -1.35. The Morgan fingerprint density at radius 3 is 2.54 bits per heavy atom. The molecule has 1 aliphatic heterocycles. The zero-order chi connectivity index (χ0) is 17.5. The summed E-state index contributed by atoms with van der Waals surface area (Å²) < 4.78 is 4.95. The number of hydrogen-bond acceptors (Lipinski definition) is 4. The van der Waals surface area contributed by atoms with Crippen LogP contribution in [0.3, 0.4) is 0 Å². The van der Waals surface area contributed by atoms with Gasteiger partial charge in [-0.05, 0) is 44.4 Å². The van der Waals surface area contributed by atoms with Crippen LogP contribution in [0.5, 0.6) is 0 Å². The molecule has 130 valence electrons. The van der Waals surface area contributed by atoms with Gasteiger partial charge in [0.05, 0.1) is 6.61 Å². The lowest BCUT2D eigenvalue weighted by Gasteiger charge is -2.31. The molecule has 1 aromatic carbocycles. The molecular weight excluding hydrogens is 310 g/mol. The lowest BCUT2D eigenvalue weighted by molar-refractivity contribution is -0.136. The van der Waals surface area contributed by atoms with Crippen LogP contribution < -0.4 is 10.6 Å². The van der Waals surface area contributed by atoms with Gasteiger partial charge < -0.3 is 20.3 Å². The van der Waals surface area contributed by atoms with Crippen LogP contribution in [0, 0.1) is 6.92 Å². The Kier molecular flexibility index (Phi) is 6.17. The molecule has 1 saturated heterocycles. The highest BCUT2D eigenvalue weighted by molar-refractivity contribution is 6.39. The Hall–Kier alpha value is -2.57. The first-order chi connectivity index (χ1) is 11.5. The predicted octanol–water partition coefficient (Wildman–Crippen LogP) is 1.67. The normalized spacial score (nSPS) is 14.8. The summed E-state index contributed by atoms with van der Waals surface area (Å²) in [5, 5.41) is 5.30. The predicted molar refractivity (Wildman–Crippen MR) is 89.6 cm³/mol. The number of piperidine rings is 1. The first kappa shape index (κ1) is 17.8. The average Bonchev–Trinajstić information content (AvgIpc) is 2.55. The van der Waals surface area contributed by atoms with Gasteiger partial charge in [0.2, 0.25) is 0 Å². The molecule has 3 amide bonds. The van der Waals surface area contributed by atoms with Gasteiger partial charge in [-0.2, -0.15) is 0 Å². The molecule has 0 radical (unpaired) electrons. The minimum absolute atomic E-state index is 0.119. The largest absolute Gasteiger partial charge is 0.450 e. The molecule has 0 atom stereocenters. The molecule has 1 heterocycles. The fourth-order valence-electron chi connectivity index (χ4n) is 2.58. The maximum absolute atomic E-state index is 12.0. The van der Waals surface area contributed by atoms with Crippen LogP contribution in [0.2, 0.25) is 0 Å². The number of ether oxygens (including phenoxy) is 1. The minimum Gasteiger partial charge on any atom is -0.450 e. The molecule has 0 unspecified atom stereocenters. The molecule has 0 aliphatic carbocycles. The van der Waals surface area contributed by atoms with Gasteiger partial charge in [0.15, 0.2) is 0 Å². The molecule has 2 rings (SSSR count). The van der Waals surface area contributed by atoms with Crippen molar-refractivity contribution in [2.75, 3.05) is 25.0 Å². The number of anilines is 1. The van der Waals surface area contributed by atoms with E-state index in [9.17, 15) is 14.4 Å². The van der Waals surface area contributed by atoms with Gasteiger partial charge in [-0.25, -0.2) is 4.79 Å². The SMILES string of the molecule is CCOC(=O)N1CCC(NC(=O)C(=O)Nc2cccc(C)c2)CC1. The van der Waals surface area contributed by atoms with Crippen LogP contribution in [0.4, 0.5) is 10.5 Å². The summed E-state index contributed by atoms with van der Waals surface area (Å²) in [6.45, 7) is 5.02. The summed E-state index contributed by atoms with van der Waals surface area (Å²) in [5.41, 5.74) is 1.59. The third-order valence-electron chi connectivity index (χ3n) is 3.84. The Morgan fingerprint density at radius 1 is 1.21 bits per heavy atom. The highest BCUT2D eigenvalue weighted by atomic mass is 16.6. The summed E-state index contributed by atoms with van der Waals surface area (Å²) in [6.07, 6.45) is 0.865. The maximum Gasteiger partial charge on any atom is 0.409 e. The maximum atomic E-state index is 12.0. The van der Waals surface area contributed by atoms with Gasteiger partial charge in [-0.15, -0.1) is 0 Å². The second-order valence-corrected chi connectivity index (χ2v) is 5.76. The van der Waals surface area contributed by atoms with Crippen molar-refractivity contribution in [3.8, 4) is 0 Å². The zero-order valence-corrected chi connectivity index (χ0v) is 14.0. The third-order valence-corrected chi connectivity index (χ3v) is 3.84. The lowest BCUT2D eigenvalue weighted by Crippen LogP contribution is -2.49. The molecule has 7 nitrogen and oxygen atoms in total. The number of rotatable bonds is 3. The molecule has 0 spiro atoms. The molecule has 1 fully saturated rings. The average molecular weight is 333 g/mol. The first-order valence-electron chi connectivity index (χ1n) is 8.09. The molecule has 24 heavy (non-hydrogen) atoms. The number of amides is 3. The molecule has 2 N–H and O–H groups in total. The summed E-state index contributed by atoms with van der Waals surface area (Å²) in [7, 11) is 0. The quantitative estimate of drug-likeness (QED) is 0.824. The van der Waals surface area contributed by atoms with Crippen molar-refractivity contribution in [2.45, 2.75) is 32.7 Å². The zero-order valence-electron chi connectivity index (χ0n) is 14.0. The number of nitrogens with zero attached hydrogens (tertiary/aromatic N) is 1. The van der Waals surface area contributed by atoms with Crippen molar-refractivity contribution in [3.05, 3.63) is 29.8 Å². The van der Waals surface area contributed by atoms with Crippen LogP contribution in [-0.4, -0.2) is 48.5 Å². The molecule has 0 bridgehead atoms. The van der Waals surface area contributed by atoms with Gasteiger partial charge in [0.1, 0.15) is 0 Å². The number of hydrogen-bond donors (Lipinski definition) is 2. The van der Waals surface area contributed by atoms with E-state index in [2.05, 4.69) is 10.6 Å². The second kappa shape index (κ2) is 8.33. The number of carbonyl (C=O) groups is 3. The molecule has 0 saturated carbocycles. The van der Waals surface area contributed by atoms with E-state index in [0.29, 0.717) is 38.2 Å². The summed E-state index contributed by atoms with van der Waals surface area (Å²) in [6, 6.07) is 7.13. The van der Waals surface area contributed by atoms with Gasteiger partial charge in [-0.3, -0.25) is 9.59 Å². The first-order valence-corrected chi connectivity index (χ1v) is 8.09. The smallest absolute Gasteiger partial charge is 0.409 e. The van der Waals surface area contributed by atoms with Crippen molar-refractivity contribution in [1.29, 1.82) is 0 Å². The van der Waals surface area contributed by atoms with Gasteiger partial charge in [0.25, 0.3) is 0 Å². The number of benzene rings is 1. The molecule has 7 heteroatoms. The van der Waals surface area contributed by atoms with Crippen LogP contribution >= 0.6 is 0 Å². The minimum atomic E-state index is -0.687. The number of likely N-dealkylation sites (tertiary alicyclic amines) is 1. The van der Waals surface area contributed by atoms with Crippen molar-refractivity contribution in [3.63, 3.8) is 0 Å². The van der Waals surface area contributed by atoms with Crippen molar-refractivity contribution >= 4 is 23.6 Å². The highest BCUT2D eigenvalue weighted by Gasteiger charge is 2.26. The Morgan fingerprint density at radius 2 is 1.92 bits per heavy atom. The Balaban J connectivity index is 1.78. The van der Waals surface area contributed by atoms with E-state index in [1.807, 2.05) is 19.1 Å². The lowest BCUT2D eigenvalue weighted by atomic mass is 10.1. The number of nitrogens with one attached hydrogen (secondary N) is 2. The van der Waals surface area contributed by atoms with E-state index in [-0.39, 0.29) is 12.1 Å². The van der Waals surface area contributed by atoms with Gasteiger partial charge in [-0.1, -0.05) is 12.1 Å². The second-order valence-electron chi connectivity index (χ2n) is 5.76. The van der Waals surface area contributed by atoms with Gasteiger partial charge >= 0.3 is 17.9 Å². The van der Waals surface area contributed by atoms with E-state index >= 15 is 0 Å². The van der Waals surface area contributed by atoms with Crippen LogP contribution in [-0.2, 0) is 14.3 Å².